The molecule has 0 saturated heterocycles. The zero-order valence-electron chi connectivity index (χ0n) is 10.5. The van der Waals surface area contributed by atoms with E-state index in [0.717, 1.165) is 25.2 Å². The molecule has 0 amide bonds. The second-order valence-corrected chi connectivity index (χ2v) is 4.86. The van der Waals surface area contributed by atoms with Gasteiger partial charge in [0.2, 0.25) is 0 Å². The summed E-state index contributed by atoms with van der Waals surface area (Å²) in [7, 11) is 1.88. The van der Waals surface area contributed by atoms with Crippen LogP contribution in [-0.2, 0) is 20.0 Å². The summed E-state index contributed by atoms with van der Waals surface area (Å²) >= 11 is 0. The van der Waals surface area contributed by atoms with Gasteiger partial charge < -0.3 is 10.6 Å². The number of nitrogens with zero attached hydrogens (tertiary/aromatic N) is 4. The van der Waals surface area contributed by atoms with Crippen LogP contribution < -0.4 is 10.6 Å². The minimum Gasteiger partial charge on any atom is -0.364 e. The number of hydrogen-bond acceptors (Lipinski definition) is 4. The molecule has 0 aliphatic carbocycles. The average Bonchev–Trinajstić information content (AvgIpc) is 2.74. The lowest BCUT2D eigenvalue weighted by Crippen LogP contribution is -2.42. The Bertz CT molecular complexity index is 548. The normalized spacial score (nSPS) is 18.8. The lowest BCUT2D eigenvalue weighted by Gasteiger charge is -2.34. The van der Waals surface area contributed by atoms with Crippen LogP contribution in [0.5, 0.6) is 0 Å². The van der Waals surface area contributed by atoms with Crippen molar-refractivity contribution in [3.05, 3.63) is 41.7 Å². The molecule has 2 N–H and O–H groups in total. The molecule has 5 nitrogen and oxygen atoms in total. The van der Waals surface area contributed by atoms with Crippen LogP contribution in [0.2, 0.25) is 0 Å². The molecule has 1 atom stereocenters. The van der Waals surface area contributed by atoms with Crippen LogP contribution in [0.1, 0.15) is 11.3 Å². The van der Waals surface area contributed by atoms with E-state index in [1.54, 1.807) is 4.68 Å². The van der Waals surface area contributed by atoms with Gasteiger partial charge in [-0.1, -0.05) is 23.4 Å². The Balaban J connectivity index is 1.88. The third-order valence-electron chi connectivity index (χ3n) is 3.27. The highest BCUT2D eigenvalue weighted by atomic mass is 15.4. The SMILES string of the molecule is Cn1cc(CN2CC(N)Cc3ccccc32)nn1. The van der Waals surface area contributed by atoms with Crippen molar-refractivity contribution >= 4 is 5.69 Å². The van der Waals surface area contributed by atoms with E-state index in [1.165, 1.54) is 11.3 Å². The standard InChI is InChI=1S/C13H17N5/c1-17-8-12(15-16-17)9-18-7-11(14)6-10-4-2-3-5-13(10)18/h2-5,8,11H,6-7,9,14H2,1H3. The number of para-hydroxylation sites is 1. The van der Waals surface area contributed by atoms with Crippen molar-refractivity contribution in [3.63, 3.8) is 0 Å². The molecule has 1 aromatic heterocycles. The Labute approximate surface area is 106 Å². The van der Waals surface area contributed by atoms with E-state index >= 15 is 0 Å². The zero-order valence-corrected chi connectivity index (χ0v) is 10.5. The van der Waals surface area contributed by atoms with E-state index in [1.807, 2.05) is 13.2 Å². The molecule has 1 aliphatic rings. The van der Waals surface area contributed by atoms with E-state index in [4.69, 9.17) is 5.73 Å². The number of aromatic nitrogens is 3. The fourth-order valence-corrected chi connectivity index (χ4v) is 2.53. The first-order valence-electron chi connectivity index (χ1n) is 6.16. The quantitative estimate of drug-likeness (QED) is 0.843. The van der Waals surface area contributed by atoms with Gasteiger partial charge in [0.1, 0.15) is 5.69 Å². The Morgan fingerprint density at radius 3 is 3.00 bits per heavy atom. The molecule has 0 bridgehead atoms. The fourth-order valence-electron chi connectivity index (χ4n) is 2.53. The highest BCUT2D eigenvalue weighted by Gasteiger charge is 2.22. The smallest absolute Gasteiger partial charge is 0.102 e. The Kier molecular flexibility index (Phi) is 2.76. The number of rotatable bonds is 2. The molecular weight excluding hydrogens is 226 g/mol. The van der Waals surface area contributed by atoms with Gasteiger partial charge in [0.05, 0.1) is 6.54 Å². The van der Waals surface area contributed by atoms with Gasteiger partial charge in [0.15, 0.2) is 0 Å². The summed E-state index contributed by atoms with van der Waals surface area (Å²) in [5.41, 5.74) is 9.68. The maximum Gasteiger partial charge on any atom is 0.102 e. The molecule has 1 aromatic carbocycles. The molecule has 2 heterocycles. The van der Waals surface area contributed by atoms with Crippen LogP contribution in [-0.4, -0.2) is 27.6 Å². The van der Waals surface area contributed by atoms with Crippen molar-refractivity contribution in [2.45, 2.75) is 19.0 Å². The first-order chi connectivity index (χ1) is 8.72. The van der Waals surface area contributed by atoms with Gasteiger partial charge >= 0.3 is 0 Å². The number of anilines is 1. The predicted octanol–water partition coefficient (Wildman–Crippen LogP) is 0.705. The summed E-state index contributed by atoms with van der Waals surface area (Å²) in [5.74, 6) is 0. The van der Waals surface area contributed by atoms with Gasteiger partial charge in [-0.25, -0.2) is 0 Å². The van der Waals surface area contributed by atoms with Crippen LogP contribution in [0.4, 0.5) is 5.69 Å². The maximum absolute atomic E-state index is 6.12. The first-order valence-corrected chi connectivity index (χ1v) is 6.16. The molecule has 5 heteroatoms. The van der Waals surface area contributed by atoms with Crippen LogP contribution >= 0.6 is 0 Å². The largest absolute Gasteiger partial charge is 0.364 e. The summed E-state index contributed by atoms with van der Waals surface area (Å²) in [6.45, 7) is 1.63. The van der Waals surface area contributed by atoms with Crippen molar-refractivity contribution in [2.24, 2.45) is 12.8 Å². The van der Waals surface area contributed by atoms with E-state index in [-0.39, 0.29) is 6.04 Å². The van der Waals surface area contributed by atoms with Gasteiger partial charge in [-0.3, -0.25) is 4.68 Å². The lowest BCUT2D eigenvalue weighted by atomic mass is 9.98. The number of aryl methyl sites for hydroxylation is 1. The summed E-state index contributed by atoms with van der Waals surface area (Å²) in [6.07, 6.45) is 2.90. The number of benzene rings is 1. The second kappa shape index (κ2) is 4.42. The van der Waals surface area contributed by atoms with E-state index in [0.29, 0.717) is 0 Å². The second-order valence-electron chi connectivity index (χ2n) is 4.86. The highest BCUT2D eigenvalue weighted by Crippen LogP contribution is 2.27. The van der Waals surface area contributed by atoms with Gasteiger partial charge in [-0.15, -0.1) is 5.10 Å². The first kappa shape index (κ1) is 11.2. The molecule has 1 aliphatic heterocycles. The molecule has 94 valence electrons. The number of fused-ring (bicyclic) bond motifs is 1. The van der Waals surface area contributed by atoms with E-state index in [2.05, 4.69) is 39.5 Å². The third-order valence-corrected chi connectivity index (χ3v) is 3.27. The molecule has 0 saturated carbocycles. The molecule has 0 radical (unpaired) electrons. The van der Waals surface area contributed by atoms with Crippen LogP contribution in [0.25, 0.3) is 0 Å². The Morgan fingerprint density at radius 2 is 2.22 bits per heavy atom. The van der Waals surface area contributed by atoms with Crippen molar-refractivity contribution < 1.29 is 0 Å². The van der Waals surface area contributed by atoms with Crippen molar-refractivity contribution in [1.82, 2.24) is 15.0 Å². The van der Waals surface area contributed by atoms with Gasteiger partial charge in [-0.2, -0.15) is 0 Å². The monoisotopic (exact) mass is 243 g/mol. The average molecular weight is 243 g/mol. The van der Waals surface area contributed by atoms with Gasteiger partial charge in [-0.05, 0) is 18.1 Å². The Morgan fingerprint density at radius 1 is 1.39 bits per heavy atom. The van der Waals surface area contributed by atoms with Gasteiger partial charge in [0.25, 0.3) is 0 Å². The van der Waals surface area contributed by atoms with Crippen LogP contribution in [0.3, 0.4) is 0 Å². The molecular formula is C13H17N5. The van der Waals surface area contributed by atoms with E-state index < -0.39 is 0 Å². The molecule has 3 rings (SSSR count). The summed E-state index contributed by atoms with van der Waals surface area (Å²) in [4.78, 5) is 2.29. The summed E-state index contributed by atoms with van der Waals surface area (Å²) in [5, 5.41) is 8.10. The molecule has 0 fully saturated rings. The van der Waals surface area contributed by atoms with Crippen molar-refractivity contribution in [1.29, 1.82) is 0 Å². The van der Waals surface area contributed by atoms with Crippen LogP contribution in [0, 0.1) is 0 Å². The molecule has 2 aromatic rings. The third kappa shape index (κ3) is 2.09. The van der Waals surface area contributed by atoms with E-state index in [9.17, 15) is 0 Å². The topological polar surface area (TPSA) is 60.0 Å². The summed E-state index contributed by atoms with van der Waals surface area (Å²) in [6, 6.07) is 8.63. The molecule has 0 spiro atoms. The minimum atomic E-state index is 0.191. The summed E-state index contributed by atoms with van der Waals surface area (Å²) < 4.78 is 1.73. The molecule has 18 heavy (non-hydrogen) atoms. The zero-order chi connectivity index (χ0) is 12.5. The van der Waals surface area contributed by atoms with Crippen molar-refractivity contribution in [3.8, 4) is 0 Å². The number of hydrogen-bond donors (Lipinski definition) is 1. The minimum absolute atomic E-state index is 0.191. The Hall–Kier alpha value is -1.88. The van der Waals surface area contributed by atoms with Gasteiger partial charge in [0, 0.05) is 31.5 Å². The number of nitrogens with two attached hydrogens (primary N) is 1. The molecule has 1 unspecified atom stereocenters. The predicted molar refractivity (Wildman–Crippen MR) is 70.2 cm³/mol. The lowest BCUT2D eigenvalue weighted by molar-refractivity contribution is 0.595. The fraction of sp³-hybridized carbons (Fsp3) is 0.385. The maximum atomic E-state index is 6.12. The highest BCUT2D eigenvalue weighted by molar-refractivity contribution is 5.56. The van der Waals surface area contributed by atoms with Crippen molar-refractivity contribution in [2.75, 3.05) is 11.4 Å². The van der Waals surface area contributed by atoms with Crippen LogP contribution in [0.15, 0.2) is 30.5 Å².